The Kier molecular flexibility index (Phi) is 5.35. The molecule has 0 atom stereocenters. The number of methoxy groups -OCH3 is 1. The van der Waals surface area contributed by atoms with Crippen molar-refractivity contribution in [1.29, 1.82) is 0 Å². The molecule has 0 bridgehead atoms. The lowest BCUT2D eigenvalue weighted by Gasteiger charge is -2.12. The summed E-state index contributed by atoms with van der Waals surface area (Å²) in [7, 11) is 1.50. The average Bonchev–Trinajstić information content (AvgIpc) is 3.17. The molecule has 4 rings (SSSR count). The molecule has 1 aromatic heterocycles. The Balaban J connectivity index is 1.67. The lowest BCUT2D eigenvalue weighted by molar-refractivity contribution is -0.384. The Morgan fingerprint density at radius 2 is 1.97 bits per heavy atom. The van der Waals surface area contributed by atoms with Crippen molar-refractivity contribution in [3.8, 4) is 16.3 Å². The highest BCUT2D eigenvalue weighted by Gasteiger charge is 2.17. The Morgan fingerprint density at radius 1 is 1.17 bits per heavy atom. The van der Waals surface area contributed by atoms with Crippen LogP contribution in [0.5, 0.6) is 5.75 Å². The maximum Gasteiger partial charge on any atom is 0.270 e. The minimum atomic E-state index is -0.571. The van der Waals surface area contributed by atoms with E-state index in [2.05, 4.69) is 10.3 Å². The van der Waals surface area contributed by atoms with Crippen molar-refractivity contribution in [2.45, 2.75) is 0 Å². The molecule has 0 aliphatic heterocycles. The number of carbonyl (C=O) groups is 1. The standard InChI is InChI=1S/C21H14ClN3O4S/c1-29-18-9-6-12(21-24-16-4-2-3-5-19(16)30-21)10-17(18)23-20(26)14-8-7-13(25(27)28)11-15(14)22/h2-11H,1H3,(H,23,26). The van der Waals surface area contributed by atoms with Gasteiger partial charge in [-0.2, -0.15) is 0 Å². The van der Waals surface area contributed by atoms with Gasteiger partial charge in [-0.1, -0.05) is 23.7 Å². The number of fused-ring (bicyclic) bond motifs is 1. The number of nitro groups is 1. The zero-order valence-corrected chi connectivity index (χ0v) is 17.2. The molecule has 1 amide bonds. The van der Waals surface area contributed by atoms with Gasteiger partial charge in [0.2, 0.25) is 0 Å². The van der Waals surface area contributed by atoms with Gasteiger partial charge >= 0.3 is 0 Å². The zero-order valence-electron chi connectivity index (χ0n) is 15.6. The number of amides is 1. The van der Waals surface area contributed by atoms with Gasteiger partial charge in [0.05, 0.1) is 38.5 Å². The molecule has 30 heavy (non-hydrogen) atoms. The first-order valence-electron chi connectivity index (χ1n) is 8.75. The number of thiazole rings is 1. The van der Waals surface area contributed by atoms with Crippen LogP contribution in [-0.4, -0.2) is 22.9 Å². The topological polar surface area (TPSA) is 94.4 Å². The molecule has 150 valence electrons. The second-order valence-electron chi connectivity index (χ2n) is 6.28. The largest absolute Gasteiger partial charge is 0.495 e. The molecular formula is C21H14ClN3O4S. The highest BCUT2D eigenvalue weighted by atomic mass is 35.5. The summed E-state index contributed by atoms with van der Waals surface area (Å²) in [5, 5.41) is 14.4. The summed E-state index contributed by atoms with van der Waals surface area (Å²) < 4.78 is 6.42. The summed E-state index contributed by atoms with van der Waals surface area (Å²) in [4.78, 5) is 27.7. The average molecular weight is 440 g/mol. The van der Waals surface area contributed by atoms with Crippen LogP contribution in [0.25, 0.3) is 20.8 Å². The van der Waals surface area contributed by atoms with Crippen LogP contribution in [0.15, 0.2) is 60.7 Å². The van der Waals surface area contributed by atoms with Crippen molar-refractivity contribution in [2.24, 2.45) is 0 Å². The number of ether oxygens (including phenoxy) is 1. The Labute approximate surface area is 180 Å². The van der Waals surface area contributed by atoms with Crippen molar-refractivity contribution < 1.29 is 14.5 Å². The molecule has 1 N–H and O–H groups in total. The van der Waals surface area contributed by atoms with Crippen LogP contribution in [0.1, 0.15) is 10.4 Å². The van der Waals surface area contributed by atoms with Crippen LogP contribution in [0.3, 0.4) is 0 Å². The van der Waals surface area contributed by atoms with Gasteiger partial charge in [0.1, 0.15) is 10.8 Å². The third-order valence-corrected chi connectivity index (χ3v) is 5.79. The zero-order chi connectivity index (χ0) is 21.3. The lowest BCUT2D eigenvalue weighted by Crippen LogP contribution is -2.13. The van der Waals surface area contributed by atoms with E-state index in [1.807, 2.05) is 30.3 Å². The highest BCUT2D eigenvalue weighted by Crippen LogP contribution is 2.35. The number of non-ortho nitro benzene ring substituents is 1. The molecule has 9 heteroatoms. The Bertz CT molecular complexity index is 1260. The van der Waals surface area contributed by atoms with Crippen molar-refractivity contribution in [3.05, 3.63) is 81.4 Å². The number of hydrogen-bond acceptors (Lipinski definition) is 6. The number of hydrogen-bond donors (Lipinski definition) is 1. The molecule has 0 spiro atoms. The molecule has 7 nitrogen and oxygen atoms in total. The van der Waals surface area contributed by atoms with Crippen LogP contribution in [0.2, 0.25) is 5.02 Å². The number of aromatic nitrogens is 1. The fraction of sp³-hybridized carbons (Fsp3) is 0.0476. The van der Waals surface area contributed by atoms with Gasteiger partial charge in [-0.3, -0.25) is 14.9 Å². The second-order valence-corrected chi connectivity index (χ2v) is 7.72. The van der Waals surface area contributed by atoms with E-state index in [9.17, 15) is 14.9 Å². The number of para-hydroxylation sites is 1. The number of carbonyl (C=O) groups excluding carboxylic acids is 1. The van der Waals surface area contributed by atoms with Gasteiger partial charge in [0.25, 0.3) is 11.6 Å². The quantitative estimate of drug-likeness (QED) is 0.314. The van der Waals surface area contributed by atoms with E-state index in [1.54, 1.807) is 23.5 Å². The molecule has 0 aliphatic rings. The van der Waals surface area contributed by atoms with E-state index in [-0.39, 0.29) is 16.3 Å². The van der Waals surface area contributed by atoms with Gasteiger partial charge in [0.15, 0.2) is 0 Å². The third kappa shape index (κ3) is 3.83. The number of nitrogens with one attached hydrogen (secondary N) is 1. The summed E-state index contributed by atoms with van der Waals surface area (Å²) in [6.45, 7) is 0. The maximum atomic E-state index is 12.7. The molecule has 0 unspecified atom stereocenters. The van der Waals surface area contributed by atoms with Gasteiger partial charge in [-0.25, -0.2) is 4.98 Å². The molecule has 0 saturated carbocycles. The van der Waals surface area contributed by atoms with Gasteiger partial charge < -0.3 is 10.1 Å². The summed E-state index contributed by atoms with van der Waals surface area (Å²) in [6.07, 6.45) is 0. The smallest absolute Gasteiger partial charge is 0.270 e. The van der Waals surface area contributed by atoms with Crippen molar-refractivity contribution in [3.63, 3.8) is 0 Å². The van der Waals surface area contributed by atoms with Crippen LogP contribution in [0, 0.1) is 10.1 Å². The van der Waals surface area contributed by atoms with Crippen LogP contribution >= 0.6 is 22.9 Å². The summed E-state index contributed by atoms with van der Waals surface area (Å²) in [6, 6.07) is 16.9. The minimum absolute atomic E-state index is 0.0111. The monoisotopic (exact) mass is 439 g/mol. The van der Waals surface area contributed by atoms with E-state index in [4.69, 9.17) is 16.3 Å². The van der Waals surface area contributed by atoms with E-state index in [0.29, 0.717) is 11.4 Å². The Hall–Kier alpha value is -3.49. The summed E-state index contributed by atoms with van der Waals surface area (Å²) in [5.41, 5.74) is 2.09. The maximum absolute atomic E-state index is 12.7. The fourth-order valence-corrected chi connectivity index (χ4v) is 4.15. The Morgan fingerprint density at radius 3 is 2.67 bits per heavy atom. The minimum Gasteiger partial charge on any atom is -0.495 e. The summed E-state index contributed by atoms with van der Waals surface area (Å²) >= 11 is 7.62. The second kappa shape index (κ2) is 8.10. The van der Waals surface area contributed by atoms with Crippen LogP contribution in [0.4, 0.5) is 11.4 Å². The number of nitro benzene ring substituents is 1. The van der Waals surface area contributed by atoms with Gasteiger partial charge in [0, 0.05) is 17.7 Å². The van der Waals surface area contributed by atoms with E-state index in [1.165, 1.54) is 19.2 Å². The predicted molar refractivity (Wildman–Crippen MR) is 118 cm³/mol. The number of rotatable bonds is 5. The summed E-state index contributed by atoms with van der Waals surface area (Å²) in [5.74, 6) is -0.0408. The third-order valence-electron chi connectivity index (χ3n) is 4.40. The normalized spacial score (nSPS) is 10.7. The lowest BCUT2D eigenvalue weighted by atomic mass is 10.1. The molecule has 0 aliphatic carbocycles. The number of halogens is 1. The van der Waals surface area contributed by atoms with Gasteiger partial charge in [-0.15, -0.1) is 11.3 Å². The number of anilines is 1. The van der Waals surface area contributed by atoms with Crippen LogP contribution < -0.4 is 10.1 Å². The molecule has 3 aromatic carbocycles. The molecule has 1 heterocycles. The van der Waals surface area contributed by atoms with Crippen molar-refractivity contribution in [2.75, 3.05) is 12.4 Å². The van der Waals surface area contributed by atoms with Gasteiger partial charge in [-0.05, 0) is 36.4 Å². The van der Waals surface area contributed by atoms with Crippen molar-refractivity contribution >= 4 is 50.4 Å². The molecule has 4 aromatic rings. The predicted octanol–water partition coefficient (Wildman–Crippen LogP) is 5.79. The van der Waals surface area contributed by atoms with Crippen LogP contribution in [-0.2, 0) is 0 Å². The molecular weight excluding hydrogens is 426 g/mol. The van der Waals surface area contributed by atoms with E-state index in [0.717, 1.165) is 26.9 Å². The first kappa shape index (κ1) is 19.8. The molecule has 0 saturated heterocycles. The number of nitrogens with zero attached hydrogens (tertiary/aromatic N) is 2. The molecule has 0 radical (unpaired) electrons. The SMILES string of the molecule is COc1ccc(-c2nc3ccccc3s2)cc1NC(=O)c1ccc([N+](=O)[O-])cc1Cl. The first-order valence-corrected chi connectivity index (χ1v) is 9.95. The highest BCUT2D eigenvalue weighted by molar-refractivity contribution is 7.21. The van der Waals surface area contributed by atoms with E-state index < -0.39 is 10.8 Å². The fourth-order valence-electron chi connectivity index (χ4n) is 2.93. The first-order chi connectivity index (χ1) is 14.5. The van der Waals surface area contributed by atoms with E-state index >= 15 is 0 Å². The van der Waals surface area contributed by atoms with Crippen molar-refractivity contribution in [1.82, 2.24) is 4.98 Å². The molecule has 0 fully saturated rings. The number of benzene rings is 3.